The molecular formula is C12H15N3OS. The number of aryl methyl sites for hydroxylation is 1. The van der Waals surface area contributed by atoms with Gasteiger partial charge in [0, 0.05) is 6.20 Å². The summed E-state index contributed by atoms with van der Waals surface area (Å²) in [6, 6.07) is 8.12. The van der Waals surface area contributed by atoms with Crippen molar-refractivity contribution >= 4 is 16.5 Å². The third-order valence-corrected chi connectivity index (χ3v) is 3.27. The number of anilines is 1. The van der Waals surface area contributed by atoms with Crippen molar-refractivity contribution in [3.8, 4) is 5.75 Å². The molecule has 1 heterocycles. The van der Waals surface area contributed by atoms with Crippen molar-refractivity contribution in [1.82, 2.24) is 4.98 Å². The largest absolute Gasteiger partial charge is 0.488 e. The second-order valence-electron chi connectivity index (χ2n) is 3.57. The van der Waals surface area contributed by atoms with E-state index in [1.807, 2.05) is 12.1 Å². The first-order valence-electron chi connectivity index (χ1n) is 5.45. The number of ether oxygens (including phenoxy) is 1. The van der Waals surface area contributed by atoms with Gasteiger partial charge in [0.2, 0.25) is 0 Å². The van der Waals surface area contributed by atoms with Gasteiger partial charge in [-0.2, -0.15) is 0 Å². The van der Waals surface area contributed by atoms with E-state index in [1.165, 1.54) is 16.9 Å². The number of nitrogens with two attached hydrogens (primary N) is 1. The van der Waals surface area contributed by atoms with E-state index in [9.17, 15) is 0 Å². The zero-order valence-electron chi connectivity index (χ0n) is 9.64. The van der Waals surface area contributed by atoms with Crippen molar-refractivity contribution in [2.45, 2.75) is 20.0 Å². The van der Waals surface area contributed by atoms with E-state index < -0.39 is 0 Å². The number of hydrazine groups is 1. The molecule has 0 unspecified atom stereocenters. The topological polar surface area (TPSA) is 60.2 Å². The van der Waals surface area contributed by atoms with Gasteiger partial charge in [0.1, 0.15) is 12.4 Å². The number of aromatic nitrogens is 1. The Bertz CT molecular complexity index is 484. The standard InChI is InChI=1S/C12H15N3OS/c1-2-9-4-3-5-10(6-9)16-8-11-7-14-12(15-13)17-11/h3-7H,2,8,13H2,1H3,(H,14,15). The number of rotatable bonds is 5. The van der Waals surface area contributed by atoms with Gasteiger partial charge in [0.25, 0.3) is 0 Å². The SMILES string of the molecule is CCc1cccc(OCc2cnc(NN)s2)c1. The fourth-order valence-electron chi connectivity index (χ4n) is 1.45. The number of hydrogen-bond acceptors (Lipinski definition) is 5. The van der Waals surface area contributed by atoms with E-state index in [0.717, 1.165) is 17.0 Å². The van der Waals surface area contributed by atoms with E-state index in [1.54, 1.807) is 6.20 Å². The summed E-state index contributed by atoms with van der Waals surface area (Å²) in [6.07, 6.45) is 2.78. The van der Waals surface area contributed by atoms with Crippen LogP contribution in [0.15, 0.2) is 30.5 Å². The van der Waals surface area contributed by atoms with Gasteiger partial charge in [-0.05, 0) is 24.1 Å². The van der Waals surface area contributed by atoms with Crippen LogP contribution in [0.3, 0.4) is 0 Å². The molecule has 0 aliphatic carbocycles. The average Bonchev–Trinajstić information content (AvgIpc) is 2.84. The summed E-state index contributed by atoms with van der Waals surface area (Å²) in [5, 5.41) is 0.700. The van der Waals surface area contributed by atoms with Crippen molar-refractivity contribution in [2.24, 2.45) is 5.84 Å². The predicted octanol–water partition coefficient (Wildman–Crippen LogP) is 2.57. The fraction of sp³-hybridized carbons (Fsp3) is 0.250. The predicted molar refractivity (Wildman–Crippen MR) is 70.1 cm³/mol. The Morgan fingerprint density at radius 3 is 3.06 bits per heavy atom. The molecule has 2 rings (SSSR count). The highest BCUT2D eigenvalue weighted by molar-refractivity contribution is 7.15. The monoisotopic (exact) mass is 249 g/mol. The van der Waals surface area contributed by atoms with Crippen LogP contribution in [0.2, 0.25) is 0 Å². The van der Waals surface area contributed by atoms with Crippen LogP contribution in [0.5, 0.6) is 5.75 Å². The average molecular weight is 249 g/mol. The lowest BCUT2D eigenvalue weighted by Crippen LogP contribution is -2.05. The van der Waals surface area contributed by atoms with Crippen molar-refractivity contribution in [1.29, 1.82) is 0 Å². The van der Waals surface area contributed by atoms with Gasteiger partial charge in [0.05, 0.1) is 4.88 Å². The molecule has 0 bridgehead atoms. The summed E-state index contributed by atoms with van der Waals surface area (Å²) in [6.45, 7) is 2.65. The summed E-state index contributed by atoms with van der Waals surface area (Å²) in [7, 11) is 0. The summed E-state index contributed by atoms with van der Waals surface area (Å²) >= 11 is 1.49. The Labute approximate surface area is 104 Å². The van der Waals surface area contributed by atoms with E-state index in [2.05, 4.69) is 29.5 Å². The Morgan fingerprint density at radius 2 is 2.35 bits per heavy atom. The normalized spacial score (nSPS) is 10.2. The number of nitrogens with zero attached hydrogens (tertiary/aromatic N) is 1. The molecule has 2 aromatic rings. The van der Waals surface area contributed by atoms with Crippen LogP contribution in [-0.2, 0) is 13.0 Å². The maximum absolute atomic E-state index is 5.69. The molecule has 0 spiro atoms. The van der Waals surface area contributed by atoms with Crippen LogP contribution in [0.25, 0.3) is 0 Å². The first-order chi connectivity index (χ1) is 8.31. The highest BCUT2D eigenvalue weighted by Crippen LogP contribution is 2.20. The molecule has 0 fully saturated rings. The minimum Gasteiger partial charge on any atom is -0.488 e. The smallest absolute Gasteiger partial charge is 0.197 e. The van der Waals surface area contributed by atoms with Gasteiger partial charge in [-0.3, -0.25) is 5.43 Å². The third kappa shape index (κ3) is 3.18. The molecule has 3 N–H and O–H groups in total. The number of benzene rings is 1. The molecule has 4 nitrogen and oxygen atoms in total. The maximum atomic E-state index is 5.69. The molecule has 5 heteroatoms. The maximum Gasteiger partial charge on any atom is 0.197 e. The molecular weight excluding hydrogens is 234 g/mol. The van der Waals surface area contributed by atoms with Crippen molar-refractivity contribution in [3.05, 3.63) is 40.9 Å². The van der Waals surface area contributed by atoms with Crippen LogP contribution < -0.4 is 16.0 Å². The molecule has 0 radical (unpaired) electrons. The number of nitrogen functional groups attached to an aromatic ring is 1. The lowest BCUT2D eigenvalue weighted by atomic mass is 10.2. The van der Waals surface area contributed by atoms with Gasteiger partial charge in [-0.15, -0.1) is 0 Å². The molecule has 0 atom stereocenters. The highest BCUT2D eigenvalue weighted by atomic mass is 32.1. The molecule has 1 aromatic heterocycles. The van der Waals surface area contributed by atoms with Gasteiger partial charge in [-0.25, -0.2) is 10.8 Å². The molecule has 0 saturated carbocycles. The first-order valence-corrected chi connectivity index (χ1v) is 6.26. The molecule has 0 aliphatic heterocycles. The zero-order chi connectivity index (χ0) is 12.1. The van der Waals surface area contributed by atoms with Crippen LogP contribution in [0, 0.1) is 0 Å². The minimum atomic E-state index is 0.520. The third-order valence-electron chi connectivity index (χ3n) is 2.36. The second kappa shape index (κ2) is 5.65. The van der Waals surface area contributed by atoms with Crippen LogP contribution in [0.1, 0.15) is 17.4 Å². The molecule has 90 valence electrons. The van der Waals surface area contributed by atoms with E-state index >= 15 is 0 Å². The number of thiazole rings is 1. The Morgan fingerprint density at radius 1 is 1.47 bits per heavy atom. The Kier molecular flexibility index (Phi) is 3.95. The molecule has 0 aliphatic rings. The van der Waals surface area contributed by atoms with Crippen molar-refractivity contribution in [3.63, 3.8) is 0 Å². The van der Waals surface area contributed by atoms with Gasteiger partial charge < -0.3 is 4.74 Å². The molecule has 17 heavy (non-hydrogen) atoms. The molecule has 1 aromatic carbocycles. The van der Waals surface area contributed by atoms with Gasteiger partial charge >= 0.3 is 0 Å². The second-order valence-corrected chi connectivity index (χ2v) is 4.68. The van der Waals surface area contributed by atoms with Crippen LogP contribution in [0.4, 0.5) is 5.13 Å². The number of hydrogen-bond donors (Lipinski definition) is 2. The first kappa shape index (κ1) is 11.9. The van der Waals surface area contributed by atoms with Crippen LogP contribution in [-0.4, -0.2) is 4.98 Å². The summed E-state index contributed by atoms with van der Waals surface area (Å²) in [4.78, 5) is 5.12. The van der Waals surface area contributed by atoms with E-state index in [0.29, 0.717) is 11.7 Å². The molecule has 0 amide bonds. The summed E-state index contributed by atoms with van der Waals surface area (Å²) in [5.74, 6) is 6.15. The van der Waals surface area contributed by atoms with E-state index in [-0.39, 0.29) is 0 Å². The van der Waals surface area contributed by atoms with Crippen LogP contribution >= 0.6 is 11.3 Å². The van der Waals surface area contributed by atoms with E-state index in [4.69, 9.17) is 10.6 Å². The summed E-state index contributed by atoms with van der Waals surface area (Å²) in [5.41, 5.74) is 3.79. The van der Waals surface area contributed by atoms with Crippen molar-refractivity contribution < 1.29 is 4.74 Å². The summed E-state index contributed by atoms with van der Waals surface area (Å²) < 4.78 is 5.69. The lowest BCUT2D eigenvalue weighted by Gasteiger charge is -2.05. The van der Waals surface area contributed by atoms with Gasteiger partial charge in [-0.1, -0.05) is 30.4 Å². The van der Waals surface area contributed by atoms with Crippen molar-refractivity contribution in [2.75, 3.05) is 5.43 Å². The van der Waals surface area contributed by atoms with Gasteiger partial charge in [0.15, 0.2) is 5.13 Å². The zero-order valence-corrected chi connectivity index (χ0v) is 10.5. The Balaban J connectivity index is 1.96. The fourth-order valence-corrected chi connectivity index (χ4v) is 2.09. The Hall–Kier alpha value is -1.59. The molecule has 0 saturated heterocycles. The minimum absolute atomic E-state index is 0.520. The lowest BCUT2D eigenvalue weighted by molar-refractivity contribution is 0.309. The quantitative estimate of drug-likeness (QED) is 0.631. The highest BCUT2D eigenvalue weighted by Gasteiger charge is 2.01. The number of nitrogens with one attached hydrogen (secondary N) is 1.